The molecule has 0 fully saturated rings. The van der Waals surface area contributed by atoms with Crippen molar-refractivity contribution >= 4 is 18.8 Å². The van der Waals surface area contributed by atoms with Gasteiger partial charge in [-0.2, -0.15) is 0 Å². The van der Waals surface area contributed by atoms with Crippen LogP contribution in [0.3, 0.4) is 0 Å². The van der Waals surface area contributed by atoms with Crippen LogP contribution in [0.5, 0.6) is 0 Å². The van der Waals surface area contributed by atoms with E-state index in [1.807, 2.05) is 24.7 Å². The van der Waals surface area contributed by atoms with E-state index in [-0.39, 0.29) is 0 Å². The molecule has 0 aliphatic carbocycles. The standard InChI is InChI=1S/C20H32O2Si/c1-3-5-7-9-17-23(18-10-8-6-4-2,19-13-11-15-21-19)20-14-12-16-22-20/h11-16H,3-10,17-18H2,1-2H3. The lowest BCUT2D eigenvalue weighted by Gasteiger charge is -2.27. The second kappa shape index (κ2) is 9.81. The molecule has 2 heterocycles. The van der Waals surface area contributed by atoms with Crippen molar-refractivity contribution in [1.82, 2.24) is 0 Å². The molecule has 0 bridgehead atoms. The minimum absolute atomic E-state index is 1.21. The maximum atomic E-state index is 5.94. The second-order valence-corrected chi connectivity index (χ2v) is 10.8. The van der Waals surface area contributed by atoms with E-state index in [9.17, 15) is 0 Å². The third kappa shape index (κ3) is 4.87. The summed E-state index contributed by atoms with van der Waals surface area (Å²) in [6.07, 6.45) is 14.1. The van der Waals surface area contributed by atoms with Crippen molar-refractivity contribution in [3.05, 3.63) is 36.8 Å². The van der Waals surface area contributed by atoms with E-state index in [0.29, 0.717) is 0 Å². The molecule has 0 aliphatic rings. The van der Waals surface area contributed by atoms with Crippen molar-refractivity contribution in [3.63, 3.8) is 0 Å². The molecular weight excluding hydrogens is 300 g/mol. The van der Waals surface area contributed by atoms with Crippen LogP contribution in [0.4, 0.5) is 0 Å². The van der Waals surface area contributed by atoms with Crippen molar-refractivity contribution in [1.29, 1.82) is 0 Å². The zero-order chi connectivity index (χ0) is 16.4. The van der Waals surface area contributed by atoms with Gasteiger partial charge in [-0.05, 0) is 36.4 Å². The molecule has 0 aromatic carbocycles. The molecule has 0 saturated heterocycles. The number of hydrogen-bond acceptors (Lipinski definition) is 2. The summed E-state index contributed by atoms with van der Waals surface area (Å²) in [5, 5.41) is 2.42. The Hall–Kier alpha value is -1.22. The molecule has 0 saturated carbocycles. The molecule has 0 spiro atoms. The average Bonchev–Trinajstić information content (AvgIpc) is 3.27. The van der Waals surface area contributed by atoms with Gasteiger partial charge in [-0.3, -0.25) is 0 Å². The van der Waals surface area contributed by atoms with Crippen LogP contribution in [0.2, 0.25) is 12.1 Å². The fourth-order valence-electron chi connectivity index (χ4n) is 3.55. The highest BCUT2D eigenvalue weighted by molar-refractivity contribution is 7.00. The first-order chi connectivity index (χ1) is 11.3. The summed E-state index contributed by atoms with van der Waals surface area (Å²) in [5.41, 5.74) is 0. The third-order valence-corrected chi connectivity index (χ3v) is 9.77. The van der Waals surface area contributed by atoms with Crippen LogP contribution < -0.4 is 10.8 Å². The summed E-state index contributed by atoms with van der Waals surface area (Å²) in [5.74, 6) is 0. The Labute approximate surface area is 142 Å². The first kappa shape index (κ1) is 18.1. The van der Waals surface area contributed by atoms with Gasteiger partial charge < -0.3 is 8.83 Å². The Balaban J connectivity index is 2.18. The number of unbranched alkanes of at least 4 members (excludes halogenated alkanes) is 6. The summed E-state index contributed by atoms with van der Waals surface area (Å²) in [6, 6.07) is 11.0. The van der Waals surface area contributed by atoms with E-state index in [1.165, 1.54) is 74.2 Å². The maximum Gasteiger partial charge on any atom is 0.206 e. The molecule has 2 nitrogen and oxygen atoms in total. The van der Waals surface area contributed by atoms with Crippen LogP contribution in [0.25, 0.3) is 0 Å². The van der Waals surface area contributed by atoms with Gasteiger partial charge in [-0.1, -0.05) is 65.2 Å². The molecule has 0 amide bonds. The smallest absolute Gasteiger partial charge is 0.206 e. The van der Waals surface area contributed by atoms with Crippen molar-refractivity contribution in [2.75, 3.05) is 0 Å². The molecule has 128 valence electrons. The van der Waals surface area contributed by atoms with Crippen LogP contribution in [-0.2, 0) is 0 Å². The molecule has 0 aliphatic heterocycles. The normalized spacial score (nSPS) is 11.9. The summed E-state index contributed by atoms with van der Waals surface area (Å²) in [6.45, 7) is 4.54. The van der Waals surface area contributed by atoms with Gasteiger partial charge in [0, 0.05) is 0 Å². The Morgan fingerprint density at radius 2 is 1.17 bits per heavy atom. The highest BCUT2D eigenvalue weighted by Gasteiger charge is 2.42. The maximum absolute atomic E-state index is 5.94. The quantitative estimate of drug-likeness (QED) is 0.374. The molecule has 0 atom stereocenters. The largest absolute Gasteiger partial charge is 0.474 e. The van der Waals surface area contributed by atoms with Gasteiger partial charge in [0.1, 0.15) is 0 Å². The topological polar surface area (TPSA) is 26.3 Å². The Morgan fingerprint density at radius 1 is 0.696 bits per heavy atom. The first-order valence-corrected chi connectivity index (χ1v) is 11.8. The zero-order valence-corrected chi connectivity index (χ0v) is 15.9. The number of rotatable bonds is 12. The molecule has 0 unspecified atom stereocenters. The molecule has 2 aromatic heterocycles. The molecule has 0 N–H and O–H groups in total. The van der Waals surface area contributed by atoms with Crippen molar-refractivity contribution in [2.45, 2.75) is 77.3 Å². The predicted octanol–water partition coefficient (Wildman–Crippen LogP) is 5.60. The van der Waals surface area contributed by atoms with Crippen molar-refractivity contribution in [2.24, 2.45) is 0 Å². The monoisotopic (exact) mass is 332 g/mol. The van der Waals surface area contributed by atoms with Gasteiger partial charge in [-0.25, -0.2) is 0 Å². The average molecular weight is 333 g/mol. The van der Waals surface area contributed by atoms with Gasteiger partial charge >= 0.3 is 0 Å². The molecule has 2 aromatic rings. The third-order valence-electron chi connectivity index (χ3n) is 4.90. The van der Waals surface area contributed by atoms with Crippen molar-refractivity contribution in [3.8, 4) is 0 Å². The lowest BCUT2D eigenvalue weighted by Crippen LogP contribution is -2.57. The Morgan fingerprint density at radius 3 is 1.52 bits per heavy atom. The summed E-state index contributed by atoms with van der Waals surface area (Å²) in [4.78, 5) is 0. The summed E-state index contributed by atoms with van der Waals surface area (Å²) >= 11 is 0. The van der Waals surface area contributed by atoms with E-state index in [0.717, 1.165) is 0 Å². The van der Waals surface area contributed by atoms with E-state index < -0.39 is 8.07 Å². The first-order valence-electron chi connectivity index (χ1n) is 9.41. The van der Waals surface area contributed by atoms with Gasteiger partial charge in [0.05, 0.1) is 23.3 Å². The van der Waals surface area contributed by atoms with Gasteiger partial charge in [0.2, 0.25) is 8.07 Å². The SMILES string of the molecule is CCCCCC[Si](CCCCCC)(c1ccco1)c1ccco1. The zero-order valence-electron chi connectivity index (χ0n) is 14.9. The molecule has 2 rings (SSSR count). The number of hydrogen-bond donors (Lipinski definition) is 0. The lowest BCUT2D eigenvalue weighted by molar-refractivity contribution is 0.576. The Kier molecular flexibility index (Phi) is 7.73. The van der Waals surface area contributed by atoms with Crippen LogP contribution in [0.15, 0.2) is 45.6 Å². The minimum Gasteiger partial charge on any atom is -0.474 e. The van der Waals surface area contributed by atoms with E-state index in [2.05, 4.69) is 26.0 Å². The molecular formula is C20H32O2Si. The van der Waals surface area contributed by atoms with Crippen LogP contribution in [-0.4, -0.2) is 8.07 Å². The van der Waals surface area contributed by atoms with Crippen LogP contribution in [0.1, 0.15) is 65.2 Å². The summed E-state index contributed by atoms with van der Waals surface area (Å²) < 4.78 is 11.9. The van der Waals surface area contributed by atoms with Crippen molar-refractivity contribution < 1.29 is 8.83 Å². The second-order valence-electron chi connectivity index (χ2n) is 6.66. The minimum atomic E-state index is -1.88. The van der Waals surface area contributed by atoms with Gasteiger partial charge in [0.25, 0.3) is 0 Å². The van der Waals surface area contributed by atoms with Gasteiger partial charge in [0.15, 0.2) is 0 Å². The lowest BCUT2D eigenvalue weighted by atomic mass is 10.2. The van der Waals surface area contributed by atoms with Crippen LogP contribution in [0, 0.1) is 0 Å². The number of furan rings is 2. The van der Waals surface area contributed by atoms with E-state index >= 15 is 0 Å². The molecule has 23 heavy (non-hydrogen) atoms. The fourth-order valence-corrected chi connectivity index (χ4v) is 8.15. The molecule has 0 radical (unpaired) electrons. The van der Waals surface area contributed by atoms with E-state index in [1.54, 1.807) is 0 Å². The fraction of sp³-hybridized carbons (Fsp3) is 0.600. The van der Waals surface area contributed by atoms with Crippen LogP contribution >= 0.6 is 0 Å². The Bertz CT molecular complexity index is 453. The van der Waals surface area contributed by atoms with E-state index in [4.69, 9.17) is 8.83 Å². The molecule has 3 heteroatoms. The highest BCUT2D eigenvalue weighted by Crippen LogP contribution is 2.24. The highest BCUT2D eigenvalue weighted by atomic mass is 28.3. The predicted molar refractivity (Wildman–Crippen MR) is 100 cm³/mol. The van der Waals surface area contributed by atoms with Gasteiger partial charge in [-0.15, -0.1) is 0 Å². The summed E-state index contributed by atoms with van der Waals surface area (Å²) in [7, 11) is -1.88.